The highest BCUT2D eigenvalue weighted by molar-refractivity contribution is 6.04. The summed E-state index contributed by atoms with van der Waals surface area (Å²) < 4.78 is 5.67. The molecular formula is C17H21N3O4. The van der Waals surface area contributed by atoms with Gasteiger partial charge in [0.1, 0.15) is 18.4 Å². The van der Waals surface area contributed by atoms with Crippen LogP contribution >= 0.6 is 0 Å². The summed E-state index contributed by atoms with van der Waals surface area (Å²) in [5.41, 5.74) is 1.84. The van der Waals surface area contributed by atoms with E-state index in [0.717, 1.165) is 11.3 Å². The van der Waals surface area contributed by atoms with E-state index in [0.29, 0.717) is 18.6 Å². The maximum absolute atomic E-state index is 12.2. The molecule has 1 atom stereocenters. The molecule has 0 unspecified atom stereocenters. The number of amides is 4. The van der Waals surface area contributed by atoms with Crippen LogP contribution in [0.2, 0.25) is 0 Å². The molecule has 2 aliphatic heterocycles. The van der Waals surface area contributed by atoms with Crippen molar-refractivity contribution in [3.63, 3.8) is 0 Å². The van der Waals surface area contributed by atoms with Gasteiger partial charge in [0.05, 0.1) is 6.54 Å². The molecule has 2 N–H and O–H groups in total. The highest BCUT2D eigenvalue weighted by Gasteiger charge is 2.39. The lowest BCUT2D eigenvalue weighted by molar-refractivity contribution is -0.128. The fourth-order valence-corrected chi connectivity index (χ4v) is 2.91. The number of urea groups is 1. The van der Waals surface area contributed by atoms with Gasteiger partial charge in [0.2, 0.25) is 5.91 Å². The maximum atomic E-state index is 12.2. The molecule has 1 fully saturated rings. The minimum Gasteiger partial charge on any atom is -0.492 e. The predicted octanol–water partition coefficient (Wildman–Crippen LogP) is 1.53. The molecule has 1 saturated heterocycles. The number of aryl methyl sites for hydroxylation is 1. The molecule has 0 radical (unpaired) electrons. The number of hydrogen-bond acceptors (Lipinski definition) is 4. The molecule has 24 heavy (non-hydrogen) atoms. The third-order valence-corrected chi connectivity index (χ3v) is 4.28. The highest BCUT2D eigenvalue weighted by atomic mass is 16.5. The van der Waals surface area contributed by atoms with E-state index in [1.54, 1.807) is 6.07 Å². The molecule has 128 valence electrons. The van der Waals surface area contributed by atoms with Gasteiger partial charge in [-0.25, -0.2) is 4.79 Å². The molecule has 2 heterocycles. The fraction of sp³-hybridized carbons (Fsp3) is 0.471. The van der Waals surface area contributed by atoms with Gasteiger partial charge in [-0.1, -0.05) is 13.8 Å². The van der Waals surface area contributed by atoms with Crippen molar-refractivity contribution in [3.05, 3.63) is 23.8 Å². The molecule has 0 bridgehead atoms. The monoisotopic (exact) mass is 331 g/mol. The molecule has 1 aromatic carbocycles. The van der Waals surface area contributed by atoms with E-state index in [2.05, 4.69) is 10.6 Å². The van der Waals surface area contributed by atoms with E-state index in [-0.39, 0.29) is 36.9 Å². The van der Waals surface area contributed by atoms with Gasteiger partial charge < -0.3 is 15.4 Å². The van der Waals surface area contributed by atoms with Crippen molar-refractivity contribution in [2.75, 3.05) is 18.5 Å². The second-order valence-electron chi connectivity index (χ2n) is 6.38. The second-order valence-corrected chi connectivity index (χ2v) is 6.38. The number of ether oxygens (including phenoxy) is 1. The smallest absolute Gasteiger partial charge is 0.324 e. The van der Waals surface area contributed by atoms with Crippen LogP contribution in [0.3, 0.4) is 0 Å². The van der Waals surface area contributed by atoms with Crippen LogP contribution in [0.25, 0.3) is 0 Å². The lowest BCUT2D eigenvalue weighted by Crippen LogP contribution is -2.36. The summed E-state index contributed by atoms with van der Waals surface area (Å²) in [7, 11) is 0. The number of benzene rings is 1. The second kappa shape index (κ2) is 6.51. The van der Waals surface area contributed by atoms with Crippen LogP contribution in [0, 0.1) is 5.92 Å². The topological polar surface area (TPSA) is 87.7 Å². The van der Waals surface area contributed by atoms with Crippen molar-refractivity contribution in [1.29, 1.82) is 0 Å². The normalized spacial score (nSPS) is 20.0. The van der Waals surface area contributed by atoms with Crippen LogP contribution in [-0.2, 0) is 16.0 Å². The first kappa shape index (κ1) is 16.3. The van der Waals surface area contributed by atoms with Crippen LogP contribution in [0.4, 0.5) is 10.5 Å². The molecule has 7 heteroatoms. The Hall–Kier alpha value is -2.57. The summed E-state index contributed by atoms with van der Waals surface area (Å²) in [6.07, 6.45) is 1.15. The van der Waals surface area contributed by atoms with Gasteiger partial charge in [-0.2, -0.15) is 0 Å². The number of fused-ring (bicyclic) bond motifs is 1. The van der Waals surface area contributed by atoms with E-state index in [9.17, 15) is 14.4 Å². The minimum atomic E-state index is -0.454. The van der Waals surface area contributed by atoms with Crippen molar-refractivity contribution < 1.29 is 19.1 Å². The zero-order valence-corrected chi connectivity index (χ0v) is 13.8. The Morgan fingerprint density at radius 1 is 1.25 bits per heavy atom. The third kappa shape index (κ3) is 3.20. The number of imide groups is 1. The molecule has 3 rings (SSSR count). The van der Waals surface area contributed by atoms with Gasteiger partial charge in [0.15, 0.2) is 0 Å². The molecule has 0 saturated carbocycles. The number of nitrogens with one attached hydrogen (secondary N) is 2. The van der Waals surface area contributed by atoms with E-state index in [1.807, 2.05) is 26.0 Å². The van der Waals surface area contributed by atoms with Crippen molar-refractivity contribution >= 4 is 23.5 Å². The lowest BCUT2D eigenvalue weighted by Gasteiger charge is -2.18. The van der Waals surface area contributed by atoms with Gasteiger partial charge in [0, 0.05) is 12.1 Å². The van der Waals surface area contributed by atoms with Crippen molar-refractivity contribution in [2.45, 2.75) is 32.7 Å². The number of carbonyl (C=O) groups excluding carboxylic acids is 3. The molecule has 7 nitrogen and oxygen atoms in total. The number of carbonyl (C=O) groups is 3. The first-order chi connectivity index (χ1) is 11.5. The summed E-state index contributed by atoms with van der Waals surface area (Å²) >= 11 is 0. The molecule has 4 amide bonds. The zero-order chi connectivity index (χ0) is 17.3. The minimum absolute atomic E-state index is 0.0226. The average molecular weight is 331 g/mol. The summed E-state index contributed by atoms with van der Waals surface area (Å²) in [6, 6.07) is 4.65. The van der Waals surface area contributed by atoms with E-state index < -0.39 is 6.04 Å². The molecular weight excluding hydrogens is 310 g/mol. The Morgan fingerprint density at radius 3 is 2.75 bits per heavy atom. The van der Waals surface area contributed by atoms with Gasteiger partial charge >= 0.3 is 6.03 Å². The van der Waals surface area contributed by atoms with E-state index in [1.165, 1.54) is 4.90 Å². The third-order valence-electron chi connectivity index (χ3n) is 4.28. The fourth-order valence-electron chi connectivity index (χ4n) is 2.91. The van der Waals surface area contributed by atoms with Gasteiger partial charge in [-0.3, -0.25) is 14.5 Å². The van der Waals surface area contributed by atoms with Gasteiger partial charge in [-0.05, 0) is 36.1 Å². The molecule has 2 aliphatic rings. The zero-order valence-electron chi connectivity index (χ0n) is 13.8. The maximum Gasteiger partial charge on any atom is 0.324 e. The first-order valence-corrected chi connectivity index (χ1v) is 8.13. The van der Waals surface area contributed by atoms with Crippen LogP contribution in [0.1, 0.15) is 25.8 Å². The summed E-state index contributed by atoms with van der Waals surface area (Å²) in [4.78, 5) is 36.6. The predicted molar refractivity (Wildman–Crippen MR) is 87.8 cm³/mol. The van der Waals surface area contributed by atoms with E-state index in [4.69, 9.17) is 4.74 Å². The van der Waals surface area contributed by atoms with E-state index >= 15 is 0 Å². The standard InChI is InChI=1S/C17H21N3O4/c1-10(2)15-16(22)20(17(23)19-15)7-8-24-12-4-5-13-11(9-12)3-6-14(21)18-13/h4-5,9-10,15H,3,6-8H2,1-2H3,(H,18,21)(H,19,23)/t15-/m0/s1. The average Bonchev–Trinajstić information content (AvgIpc) is 2.83. The number of hydrogen-bond donors (Lipinski definition) is 2. The van der Waals surface area contributed by atoms with Crippen molar-refractivity contribution in [1.82, 2.24) is 10.2 Å². The number of nitrogens with zero attached hydrogens (tertiary/aromatic N) is 1. The number of rotatable bonds is 5. The quantitative estimate of drug-likeness (QED) is 0.801. The van der Waals surface area contributed by atoms with Crippen LogP contribution < -0.4 is 15.4 Å². The van der Waals surface area contributed by atoms with Crippen LogP contribution in [0.15, 0.2) is 18.2 Å². The summed E-state index contributed by atoms with van der Waals surface area (Å²) in [5.74, 6) is 0.543. The molecule has 1 aromatic rings. The van der Waals surface area contributed by atoms with Gasteiger partial charge in [0.25, 0.3) is 5.91 Å². The molecule has 0 aromatic heterocycles. The van der Waals surface area contributed by atoms with Gasteiger partial charge in [-0.15, -0.1) is 0 Å². The summed E-state index contributed by atoms with van der Waals surface area (Å²) in [6.45, 7) is 4.24. The molecule has 0 spiro atoms. The van der Waals surface area contributed by atoms with Crippen molar-refractivity contribution in [3.8, 4) is 5.75 Å². The molecule has 0 aliphatic carbocycles. The largest absolute Gasteiger partial charge is 0.492 e. The Labute approximate surface area is 140 Å². The van der Waals surface area contributed by atoms with Crippen LogP contribution in [-0.4, -0.2) is 41.9 Å². The first-order valence-electron chi connectivity index (χ1n) is 8.13. The Kier molecular flexibility index (Phi) is 4.42. The highest BCUT2D eigenvalue weighted by Crippen LogP contribution is 2.26. The summed E-state index contributed by atoms with van der Waals surface area (Å²) in [5, 5.41) is 5.50. The lowest BCUT2D eigenvalue weighted by atomic mass is 10.0. The van der Waals surface area contributed by atoms with Crippen molar-refractivity contribution in [2.24, 2.45) is 5.92 Å². The SMILES string of the molecule is CC(C)[C@@H]1NC(=O)N(CCOc2ccc3c(c2)CCC(=O)N3)C1=O. The Bertz CT molecular complexity index is 686. The van der Waals surface area contributed by atoms with Crippen LogP contribution in [0.5, 0.6) is 5.75 Å². The Balaban J connectivity index is 1.56. The Morgan fingerprint density at radius 2 is 2.04 bits per heavy atom. The number of anilines is 1.